The molecule has 2 aromatic rings. The molecule has 0 atom stereocenters. The van der Waals surface area contributed by atoms with Gasteiger partial charge in [0.25, 0.3) is 0 Å². The van der Waals surface area contributed by atoms with Crippen molar-refractivity contribution >= 4 is 23.5 Å². The van der Waals surface area contributed by atoms with Crippen molar-refractivity contribution in [2.45, 2.75) is 26.4 Å². The zero-order valence-electron chi connectivity index (χ0n) is 12.1. The topological polar surface area (TPSA) is 64.1 Å². The summed E-state index contributed by atoms with van der Waals surface area (Å²) >= 11 is 5.97. The number of nitrogens with one attached hydrogen (secondary N) is 1. The molecule has 1 amide bonds. The van der Waals surface area contributed by atoms with Crippen LogP contribution in [0.2, 0.25) is 5.15 Å². The van der Waals surface area contributed by atoms with Crippen LogP contribution in [0.4, 0.5) is 10.6 Å². The van der Waals surface area contributed by atoms with E-state index in [2.05, 4.69) is 15.3 Å². The molecule has 0 radical (unpaired) electrons. The van der Waals surface area contributed by atoms with Crippen LogP contribution in [0.3, 0.4) is 0 Å². The number of rotatable bonds is 2. The lowest BCUT2D eigenvalue weighted by Gasteiger charge is -2.19. The van der Waals surface area contributed by atoms with Crippen LogP contribution >= 0.6 is 11.6 Å². The molecule has 5 nitrogen and oxygen atoms in total. The Morgan fingerprint density at radius 3 is 2.48 bits per heavy atom. The van der Waals surface area contributed by atoms with Gasteiger partial charge in [-0.3, -0.25) is 5.32 Å². The first-order valence-corrected chi connectivity index (χ1v) is 6.81. The van der Waals surface area contributed by atoms with Crippen LogP contribution < -0.4 is 5.32 Å². The standard InChI is InChI=1S/C15H16ClN3O2/c1-15(2,3)21-14(20)19-12-9-11(16)17-13(18-12)10-7-5-4-6-8-10/h4-9H,1-3H3,(H,17,18,19,20). The van der Waals surface area contributed by atoms with Crippen LogP contribution in [0.25, 0.3) is 11.4 Å². The van der Waals surface area contributed by atoms with Crippen LogP contribution in [0.15, 0.2) is 36.4 Å². The highest BCUT2D eigenvalue weighted by molar-refractivity contribution is 6.29. The third-order valence-electron chi connectivity index (χ3n) is 2.36. The molecular weight excluding hydrogens is 290 g/mol. The molecule has 0 aliphatic rings. The SMILES string of the molecule is CC(C)(C)OC(=O)Nc1cc(Cl)nc(-c2ccccc2)n1. The normalized spacial score (nSPS) is 11.0. The fourth-order valence-corrected chi connectivity index (χ4v) is 1.79. The van der Waals surface area contributed by atoms with E-state index in [9.17, 15) is 4.79 Å². The largest absolute Gasteiger partial charge is 0.444 e. The Labute approximate surface area is 128 Å². The lowest BCUT2D eigenvalue weighted by Crippen LogP contribution is -2.27. The molecule has 0 fully saturated rings. The van der Waals surface area contributed by atoms with Gasteiger partial charge in [0.2, 0.25) is 0 Å². The van der Waals surface area contributed by atoms with Gasteiger partial charge in [-0.25, -0.2) is 14.8 Å². The van der Waals surface area contributed by atoms with Crippen LogP contribution in [0.5, 0.6) is 0 Å². The lowest BCUT2D eigenvalue weighted by atomic mass is 10.2. The lowest BCUT2D eigenvalue weighted by molar-refractivity contribution is 0.0635. The number of anilines is 1. The number of amides is 1. The zero-order valence-corrected chi connectivity index (χ0v) is 12.8. The predicted molar refractivity (Wildman–Crippen MR) is 82.3 cm³/mol. The van der Waals surface area contributed by atoms with E-state index in [0.29, 0.717) is 11.6 Å². The molecule has 1 aromatic carbocycles. The Morgan fingerprint density at radius 1 is 1.19 bits per heavy atom. The molecule has 0 aliphatic carbocycles. The van der Waals surface area contributed by atoms with Gasteiger partial charge in [0, 0.05) is 11.6 Å². The van der Waals surface area contributed by atoms with E-state index in [0.717, 1.165) is 5.56 Å². The van der Waals surface area contributed by atoms with Crippen LogP contribution in [-0.4, -0.2) is 21.7 Å². The Bertz CT molecular complexity index is 639. The number of halogens is 1. The van der Waals surface area contributed by atoms with Crippen molar-refractivity contribution in [1.29, 1.82) is 0 Å². The molecule has 1 N–H and O–H groups in total. The third-order valence-corrected chi connectivity index (χ3v) is 2.55. The summed E-state index contributed by atoms with van der Waals surface area (Å²) in [5.74, 6) is 0.734. The minimum absolute atomic E-state index is 0.245. The molecule has 0 unspecified atom stereocenters. The van der Waals surface area contributed by atoms with Crippen LogP contribution in [-0.2, 0) is 4.74 Å². The fourth-order valence-electron chi connectivity index (χ4n) is 1.61. The van der Waals surface area contributed by atoms with Gasteiger partial charge in [0.15, 0.2) is 5.82 Å². The van der Waals surface area contributed by atoms with E-state index < -0.39 is 11.7 Å². The monoisotopic (exact) mass is 305 g/mol. The van der Waals surface area contributed by atoms with Crippen molar-refractivity contribution in [3.63, 3.8) is 0 Å². The fraction of sp³-hybridized carbons (Fsp3) is 0.267. The third kappa shape index (κ3) is 4.72. The summed E-state index contributed by atoms with van der Waals surface area (Å²) in [6.07, 6.45) is -0.587. The maximum atomic E-state index is 11.8. The minimum Gasteiger partial charge on any atom is -0.444 e. The van der Waals surface area contributed by atoms with Gasteiger partial charge >= 0.3 is 6.09 Å². The molecule has 0 saturated carbocycles. The van der Waals surface area contributed by atoms with Gasteiger partial charge in [-0.15, -0.1) is 0 Å². The highest BCUT2D eigenvalue weighted by atomic mass is 35.5. The number of aromatic nitrogens is 2. The van der Waals surface area contributed by atoms with Gasteiger partial charge in [-0.1, -0.05) is 41.9 Å². The summed E-state index contributed by atoms with van der Waals surface area (Å²) in [6, 6.07) is 10.8. The summed E-state index contributed by atoms with van der Waals surface area (Å²) in [5, 5.41) is 2.80. The second kappa shape index (κ2) is 6.10. The Hall–Kier alpha value is -2.14. The van der Waals surface area contributed by atoms with Crippen molar-refractivity contribution in [3.8, 4) is 11.4 Å². The van der Waals surface area contributed by atoms with E-state index in [1.807, 2.05) is 30.3 Å². The van der Waals surface area contributed by atoms with Gasteiger partial charge in [-0.05, 0) is 20.8 Å². The molecule has 0 spiro atoms. The summed E-state index contributed by atoms with van der Waals surface area (Å²) < 4.78 is 5.17. The summed E-state index contributed by atoms with van der Waals surface area (Å²) in [4.78, 5) is 20.2. The first-order valence-electron chi connectivity index (χ1n) is 6.43. The smallest absolute Gasteiger partial charge is 0.413 e. The van der Waals surface area contributed by atoms with Crippen molar-refractivity contribution in [2.75, 3.05) is 5.32 Å². The molecule has 0 saturated heterocycles. The van der Waals surface area contributed by atoms with Gasteiger partial charge < -0.3 is 4.74 Å². The Balaban J connectivity index is 2.22. The summed E-state index contributed by atoms with van der Waals surface area (Å²) in [5.41, 5.74) is 0.232. The predicted octanol–water partition coefficient (Wildman–Crippen LogP) is 4.14. The van der Waals surface area contributed by atoms with Crippen LogP contribution in [0, 0.1) is 0 Å². The molecule has 0 aliphatic heterocycles. The number of carbonyl (C=O) groups excluding carboxylic acids is 1. The molecule has 1 heterocycles. The van der Waals surface area contributed by atoms with E-state index in [4.69, 9.17) is 16.3 Å². The summed E-state index contributed by atoms with van der Waals surface area (Å²) in [7, 11) is 0. The van der Waals surface area contributed by atoms with Crippen LogP contribution in [0.1, 0.15) is 20.8 Å². The maximum Gasteiger partial charge on any atom is 0.413 e. The zero-order chi connectivity index (χ0) is 15.5. The highest BCUT2D eigenvalue weighted by Crippen LogP contribution is 2.20. The molecule has 1 aromatic heterocycles. The van der Waals surface area contributed by atoms with E-state index in [-0.39, 0.29) is 5.15 Å². The molecular formula is C15H16ClN3O2. The van der Waals surface area contributed by atoms with Gasteiger partial charge in [0.1, 0.15) is 16.6 Å². The summed E-state index contributed by atoms with van der Waals surface area (Å²) in [6.45, 7) is 5.36. The number of nitrogens with zero attached hydrogens (tertiary/aromatic N) is 2. The maximum absolute atomic E-state index is 11.8. The van der Waals surface area contributed by atoms with Crippen molar-refractivity contribution in [2.24, 2.45) is 0 Å². The minimum atomic E-state index is -0.587. The second-order valence-corrected chi connectivity index (χ2v) is 5.78. The van der Waals surface area contributed by atoms with Crippen molar-refractivity contribution in [1.82, 2.24) is 9.97 Å². The van der Waals surface area contributed by atoms with E-state index >= 15 is 0 Å². The first kappa shape index (κ1) is 15.3. The molecule has 2 rings (SSSR count). The van der Waals surface area contributed by atoms with Gasteiger partial charge in [0.05, 0.1) is 0 Å². The number of hydrogen-bond donors (Lipinski definition) is 1. The Morgan fingerprint density at radius 2 is 1.86 bits per heavy atom. The van der Waals surface area contributed by atoms with Crippen molar-refractivity contribution in [3.05, 3.63) is 41.6 Å². The van der Waals surface area contributed by atoms with Gasteiger partial charge in [-0.2, -0.15) is 0 Å². The van der Waals surface area contributed by atoms with E-state index in [1.165, 1.54) is 6.07 Å². The second-order valence-electron chi connectivity index (χ2n) is 5.39. The number of hydrogen-bond acceptors (Lipinski definition) is 4. The molecule has 0 bridgehead atoms. The van der Waals surface area contributed by atoms with E-state index in [1.54, 1.807) is 20.8 Å². The molecule has 110 valence electrons. The molecule has 6 heteroatoms. The first-order chi connectivity index (χ1) is 9.83. The average Bonchev–Trinajstić information content (AvgIpc) is 2.36. The molecule has 21 heavy (non-hydrogen) atoms. The number of benzene rings is 1. The highest BCUT2D eigenvalue weighted by Gasteiger charge is 2.17. The number of carbonyl (C=O) groups is 1. The Kier molecular flexibility index (Phi) is 4.43. The quantitative estimate of drug-likeness (QED) is 0.847. The number of ether oxygens (including phenoxy) is 1. The van der Waals surface area contributed by atoms with Crippen molar-refractivity contribution < 1.29 is 9.53 Å². The average molecular weight is 306 g/mol.